The van der Waals surface area contributed by atoms with Crippen LogP contribution in [0.15, 0.2) is 36.4 Å². The van der Waals surface area contributed by atoms with Crippen LogP contribution in [0, 0.1) is 11.3 Å². The fourth-order valence-electron chi connectivity index (χ4n) is 2.47. The number of anilines is 2. The number of rotatable bonds is 2. The van der Waals surface area contributed by atoms with Crippen LogP contribution in [-0.2, 0) is 12.8 Å². The third-order valence-corrected chi connectivity index (χ3v) is 3.46. The second-order valence-corrected chi connectivity index (χ2v) is 4.80. The Hall–Kier alpha value is -2.34. The molecule has 1 heterocycles. The number of fused-ring (bicyclic) bond motifs is 1. The molecule has 0 aliphatic heterocycles. The van der Waals surface area contributed by atoms with Gasteiger partial charge in [-0.2, -0.15) is 5.26 Å². The monoisotopic (exact) mass is 249 g/mol. The van der Waals surface area contributed by atoms with Crippen LogP contribution in [-0.4, -0.2) is 4.98 Å². The lowest BCUT2D eigenvalue weighted by atomic mass is 9.95. The van der Waals surface area contributed by atoms with Crippen LogP contribution in [0.3, 0.4) is 0 Å². The van der Waals surface area contributed by atoms with Crippen molar-refractivity contribution >= 4 is 11.5 Å². The van der Waals surface area contributed by atoms with Crippen molar-refractivity contribution in [3.8, 4) is 6.07 Å². The van der Waals surface area contributed by atoms with Crippen molar-refractivity contribution in [3.05, 3.63) is 53.2 Å². The highest BCUT2D eigenvalue weighted by molar-refractivity contribution is 5.63. The van der Waals surface area contributed by atoms with E-state index in [1.54, 1.807) is 0 Å². The molecular formula is C16H15N3. The molecule has 1 aromatic heterocycles. The fourth-order valence-corrected chi connectivity index (χ4v) is 2.47. The predicted molar refractivity (Wildman–Crippen MR) is 75.3 cm³/mol. The highest BCUT2D eigenvalue weighted by Crippen LogP contribution is 2.26. The Kier molecular flexibility index (Phi) is 3.16. The molecule has 3 heteroatoms. The van der Waals surface area contributed by atoms with E-state index in [1.165, 1.54) is 18.4 Å². The molecule has 19 heavy (non-hydrogen) atoms. The van der Waals surface area contributed by atoms with Gasteiger partial charge in [-0.1, -0.05) is 18.2 Å². The number of nitrogens with one attached hydrogen (secondary N) is 1. The number of benzene rings is 1. The molecule has 3 rings (SSSR count). The summed E-state index contributed by atoms with van der Waals surface area (Å²) in [7, 11) is 0. The Morgan fingerprint density at radius 1 is 1.11 bits per heavy atom. The van der Waals surface area contributed by atoms with Crippen LogP contribution >= 0.6 is 0 Å². The maximum absolute atomic E-state index is 9.27. The number of pyridine rings is 1. The summed E-state index contributed by atoms with van der Waals surface area (Å²) in [5, 5.41) is 12.5. The Morgan fingerprint density at radius 2 is 1.89 bits per heavy atom. The first kappa shape index (κ1) is 11.7. The molecule has 94 valence electrons. The predicted octanol–water partition coefficient (Wildman–Crippen LogP) is 3.58. The average molecular weight is 249 g/mol. The summed E-state index contributed by atoms with van der Waals surface area (Å²) in [6.07, 6.45) is 4.45. The van der Waals surface area contributed by atoms with Gasteiger partial charge in [0.15, 0.2) is 0 Å². The van der Waals surface area contributed by atoms with E-state index in [4.69, 9.17) is 0 Å². The molecule has 0 saturated heterocycles. The normalized spacial score (nSPS) is 13.4. The minimum atomic E-state index is 0.629. The van der Waals surface area contributed by atoms with Crippen molar-refractivity contribution in [3.63, 3.8) is 0 Å². The highest BCUT2D eigenvalue weighted by Gasteiger charge is 2.15. The van der Waals surface area contributed by atoms with E-state index in [2.05, 4.69) is 16.4 Å². The van der Waals surface area contributed by atoms with Crippen LogP contribution < -0.4 is 5.32 Å². The van der Waals surface area contributed by atoms with Gasteiger partial charge in [-0.05, 0) is 49.4 Å². The number of para-hydroxylation sites is 1. The number of nitriles is 1. The highest BCUT2D eigenvalue weighted by atomic mass is 15.0. The number of nitrogens with zero attached hydrogens (tertiary/aromatic N) is 2. The van der Waals surface area contributed by atoms with E-state index in [0.717, 1.165) is 24.2 Å². The Balaban J connectivity index is 1.98. The molecule has 0 radical (unpaired) electrons. The van der Waals surface area contributed by atoms with Gasteiger partial charge >= 0.3 is 0 Å². The Morgan fingerprint density at radius 3 is 2.68 bits per heavy atom. The van der Waals surface area contributed by atoms with Crippen molar-refractivity contribution < 1.29 is 0 Å². The second kappa shape index (κ2) is 5.11. The summed E-state index contributed by atoms with van der Waals surface area (Å²) in [4.78, 5) is 4.65. The zero-order valence-corrected chi connectivity index (χ0v) is 10.7. The molecule has 0 spiro atoms. The summed E-state index contributed by atoms with van der Waals surface area (Å²) in [6.45, 7) is 0. The molecule has 2 aromatic rings. The molecular weight excluding hydrogens is 234 g/mol. The Bertz CT molecular complexity index is 626. The topological polar surface area (TPSA) is 48.7 Å². The van der Waals surface area contributed by atoms with Gasteiger partial charge < -0.3 is 5.32 Å². The van der Waals surface area contributed by atoms with Gasteiger partial charge in [0.2, 0.25) is 0 Å². The standard InChI is InChI=1S/C16H15N3/c17-11-13-10-12-6-4-5-9-15(12)19-16(13)18-14-7-2-1-3-8-14/h1-3,7-8,10H,4-6,9H2,(H,18,19). The maximum atomic E-state index is 9.27. The Labute approximate surface area is 112 Å². The third kappa shape index (κ3) is 2.43. The number of aryl methyl sites for hydroxylation is 2. The minimum absolute atomic E-state index is 0.629. The molecule has 1 aliphatic carbocycles. The minimum Gasteiger partial charge on any atom is -0.339 e. The molecule has 0 saturated carbocycles. The van der Waals surface area contributed by atoms with Crippen LogP contribution in [0.2, 0.25) is 0 Å². The SMILES string of the molecule is N#Cc1cc2c(nc1Nc1ccccc1)CCCC2. The first-order chi connectivity index (χ1) is 9.36. The van der Waals surface area contributed by atoms with Gasteiger partial charge in [-0.15, -0.1) is 0 Å². The van der Waals surface area contributed by atoms with Crippen LogP contribution in [0.5, 0.6) is 0 Å². The van der Waals surface area contributed by atoms with Gasteiger partial charge in [0.1, 0.15) is 11.9 Å². The van der Waals surface area contributed by atoms with Crippen LogP contribution in [0.25, 0.3) is 0 Å². The maximum Gasteiger partial charge on any atom is 0.148 e. The largest absolute Gasteiger partial charge is 0.339 e. The lowest BCUT2D eigenvalue weighted by Crippen LogP contribution is -2.08. The van der Waals surface area contributed by atoms with E-state index in [-0.39, 0.29) is 0 Å². The lowest BCUT2D eigenvalue weighted by molar-refractivity contribution is 0.668. The number of hydrogen-bond acceptors (Lipinski definition) is 3. The van der Waals surface area contributed by atoms with Crippen molar-refractivity contribution in [2.24, 2.45) is 0 Å². The van der Waals surface area contributed by atoms with Gasteiger partial charge in [0.05, 0.1) is 5.56 Å². The lowest BCUT2D eigenvalue weighted by Gasteiger charge is -2.17. The smallest absolute Gasteiger partial charge is 0.148 e. The zero-order chi connectivity index (χ0) is 13.1. The van der Waals surface area contributed by atoms with Crippen molar-refractivity contribution in [1.82, 2.24) is 4.98 Å². The molecule has 1 aliphatic rings. The molecule has 0 amide bonds. The average Bonchev–Trinajstić information content (AvgIpc) is 2.47. The summed E-state index contributed by atoms with van der Waals surface area (Å²) in [5.41, 5.74) is 3.97. The van der Waals surface area contributed by atoms with E-state index in [1.807, 2.05) is 36.4 Å². The molecule has 3 nitrogen and oxygen atoms in total. The van der Waals surface area contributed by atoms with E-state index >= 15 is 0 Å². The molecule has 0 bridgehead atoms. The summed E-state index contributed by atoms with van der Waals surface area (Å²) >= 11 is 0. The summed E-state index contributed by atoms with van der Waals surface area (Å²) in [6, 6.07) is 14.1. The summed E-state index contributed by atoms with van der Waals surface area (Å²) in [5.74, 6) is 0.675. The zero-order valence-electron chi connectivity index (χ0n) is 10.7. The summed E-state index contributed by atoms with van der Waals surface area (Å²) < 4.78 is 0. The fraction of sp³-hybridized carbons (Fsp3) is 0.250. The first-order valence-electron chi connectivity index (χ1n) is 6.62. The van der Waals surface area contributed by atoms with Gasteiger partial charge in [0.25, 0.3) is 0 Å². The molecule has 0 atom stereocenters. The number of aromatic nitrogens is 1. The number of hydrogen-bond donors (Lipinski definition) is 1. The van der Waals surface area contributed by atoms with Crippen molar-refractivity contribution in [1.29, 1.82) is 5.26 Å². The molecule has 0 fully saturated rings. The van der Waals surface area contributed by atoms with Gasteiger partial charge in [-0.25, -0.2) is 4.98 Å². The third-order valence-electron chi connectivity index (χ3n) is 3.46. The molecule has 1 N–H and O–H groups in total. The van der Waals surface area contributed by atoms with E-state index in [9.17, 15) is 5.26 Å². The molecule has 1 aromatic carbocycles. The first-order valence-corrected chi connectivity index (χ1v) is 6.62. The van der Waals surface area contributed by atoms with Gasteiger partial charge in [0, 0.05) is 11.4 Å². The van der Waals surface area contributed by atoms with Crippen LogP contribution in [0.1, 0.15) is 29.7 Å². The van der Waals surface area contributed by atoms with E-state index in [0.29, 0.717) is 11.4 Å². The van der Waals surface area contributed by atoms with Crippen molar-refractivity contribution in [2.75, 3.05) is 5.32 Å². The van der Waals surface area contributed by atoms with Gasteiger partial charge in [-0.3, -0.25) is 0 Å². The molecule has 0 unspecified atom stereocenters. The quantitative estimate of drug-likeness (QED) is 0.885. The van der Waals surface area contributed by atoms with Crippen LogP contribution in [0.4, 0.5) is 11.5 Å². The van der Waals surface area contributed by atoms with E-state index < -0.39 is 0 Å². The second-order valence-electron chi connectivity index (χ2n) is 4.80. The van der Waals surface area contributed by atoms with Crippen molar-refractivity contribution in [2.45, 2.75) is 25.7 Å².